The summed E-state index contributed by atoms with van der Waals surface area (Å²) in [5.74, 6) is 0.293. The van der Waals surface area contributed by atoms with E-state index in [1.54, 1.807) is 55.5 Å². The third-order valence-electron chi connectivity index (χ3n) is 6.69. The van der Waals surface area contributed by atoms with E-state index in [1.165, 1.54) is 12.1 Å². The van der Waals surface area contributed by atoms with E-state index in [0.717, 1.165) is 11.1 Å². The van der Waals surface area contributed by atoms with Gasteiger partial charge in [-0.3, -0.25) is 9.59 Å². The maximum atomic E-state index is 13.8. The van der Waals surface area contributed by atoms with Gasteiger partial charge in [-0.1, -0.05) is 72.3 Å². The van der Waals surface area contributed by atoms with E-state index in [2.05, 4.69) is 5.32 Å². The summed E-state index contributed by atoms with van der Waals surface area (Å²) in [6.07, 6.45) is 0.616. The van der Waals surface area contributed by atoms with Gasteiger partial charge in [-0.15, -0.1) is 0 Å². The van der Waals surface area contributed by atoms with E-state index in [9.17, 15) is 14.0 Å². The van der Waals surface area contributed by atoms with E-state index in [4.69, 9.17) is 21.1 Å². The maximum Gasteiger partial charge on any atom is 0.247 e. The monoisotopic (exact) mass is 574 g/mol. The minimum Gasteiger partial charge on any atom is -0.493 e. The van der Waals surface area contributed by atoms with Crippen molar-refractivity contribution in [2.45, 2.75) is 25.4 Å². The molecule has 0 saturated heterocycles. The lowest BCUT2D eigenvalue weighted by Crippen LogP contribution is -2.44. The molecule has 0 unspecified atom stereocenters. The number of rotatable bonds is 12. The molecule has 0 aliphatic rings. The molecule has 0 heterocycles. The van der Waals surface area contributed by atoms with Crippen molar-refractivity contribution < 1.29 is 23.5 Å². The number of nitrogens with zero attached hydrogens (tertiary/aromatic N) is 1. The normalized spacial score (nSPS) is 11.4. The number of hydrogen-bond acceptors (Lipinski definition) is 4. The largest absolute Gasteiger partial charge is 0.493 e. The molecule has 4 aromatic rings. The number of amides is 2. The first-order valence-corrected chi connectivity index (χ1v) is 13.6. The molecule has 1 atom stereocenters. The number of nitrogens with one attached hydrogen (secondary N) is 1. The highest BCUT2D eigenvalue weighted by molar-refractivity contribution is 6.30. The molecule has 0 aliphatic heterocycles. The summed E-state index contributed by atoms with van der Waals surface area (Å²) >= 11 is 6.04. The van der Waals surface area contributed by atoms with Crippen LogP contribution in [0.15, 0.2) is 97.1 Å². The lowest BCUT2D eigenvalue weighted by atomic mass is 10.0. The topological polar surface area (TPSA) is 67.9 Å². The molecule has 1 N–H and O–H groups in total. The zero-order valence-corrected chi connectivity index (χ0v) is 23.7. The van der Waals surface area contributed by atoms with Gasteiger partial charge in [-0.25, -0.2) is 4.39 Å². The van der Waals surface area contributed by atoms with Gasteiger partial charge < -0.3 is 19.7 Å². The Hall–Kier alpha value is -4.36. The smallest absolute Gasteiger partial charge is 0.247 e. The van der Waals surface area contributed by atoms with Crippen molar-refractivity contribution >= 4 is 23.4 Å². The van der Waals surface area contributed by atoms with Crippen LogP contribution in [0.25, 0.3) is 0 Å². The zero-order chi connectivity index (χ0) is 29.2. The van der Waals surface area contributed by atoms with Crippen molar-refractivity contribution in [3.8, 4) is 11.5 Å². The fraction of sp³-hybridized carbons (Fsp3) is 0.212. The summed E-state index contributed by atoms with van der Waals surface area (Å²) in [6, 6.07) is 26.8. The van der Waals surface area contributed by atoms with Crippen molar-refractivity contribution in [1.82, 2.24) is 10.2 Å². The van der Waals surface area contributed by atoms with Crippen LogP contribution in [0, 0.1) is 5.82 Å². The Kier molecular flexibility index (Phi) is 10.3. The summed E-state index contributed by atoms with van der Waals surface area (Å²) in [5.41, 5.74) is 3.10. The molecule has 0 bridgehead atoms. The summed E-state index contributed by atoms with van der Waals surface area (Å²) in [5, 5.41) is 3.58. The molecule has 2 amide bonds. The van der Waals surface area contributed by atoms with Gasteiger partial charge in [0.05, 0.1) is 20.6 Å². The van der Waals surface area contributed by atoms with Crippen LogP contribution >= 0.6 is 11.6 Å². The first-order valence-electron chi connectivity index (χ1n) is 13.2. The fourth-order valence-corrected chi connectivity index (χ4v) is 4.69. The van der Waals surface area contributed by atoms with Gasteiger partial charge in [0.1, 0.15) is 11.9 Å². The van der Waals surface area contributed by atoms with Crippen molar-refractivity contribution in [1.29, 1.82) is 0 Å². The molecular weight excluding hydrogens is 543 g/mol. The summed E-state index contributed by atoms with van der Waals surface area (Å²) in [6.45, 7) is 0.461. The van der Waals surface area contributed by atoms with Crippen LogP contribution in [0.4, 0.5) is 4.39 Å². The molecule has 0 saturated carbocycles. The van der Waals surface area contributed by atoms with Crippen LogP contribution in [0.1, 0.15) is 28.3 Å². The van der Waals surface area contributed by atoms with Gasteiger partial charge in [0.2, 0.25) is 11.8 Å². The number of ether oxygens (including phenoxy) is 2. The van der Waals surface area contributed by atoms with Crippen LogP contribution in [0.2, 0.25) is 5.02 Å². The second-order valence-corrected chi connectivity index (χ2v) is 9.93. The van der Waals surface area contributed by atoms with Crippen molar-refractivity contribution in [2.24, 2.45) is 0 Å². The van der Waals surface area contributed by atoms with Gasteiger partial charge in [0.15, 0.2) is 11.5 Å². The SMILES string of the molecule is COc1ccc(CCNC(=O)[C@@H](c2ccccc2)N(Cc2ccc(F)cc2)C(=O)Cc2ccc(Cl)cc2)cc1OC. The fourth-order valence-electron chi connectivity index (χ4n) is 4.56. The zero-order valence-electron chi connectivity index (χ0n) is 23.0. The van der Waals surface area contributed by atoms with Gasteiger partial charge >= 0.3 is 0 Å². The van der Waals surface area contributed by atoms with E-state index >= 15 is 0 Å². The number of carbonyl (C=O) groups excluding carboxylic acids is 2. The molecule has 4 rings (SSSR count). The van der Waals surface area contributed by atoms with Gasteiger partial charge in [-0.2, -0.15) is 0 Å². The minimum absolute atomic E-state index is 0.0701. The van der Waals surface area contributed by atoms with Crippen molar-refractivity contribution in [3.63, 3.8) is 0 Å². The molecule has 212 valence electrons. The Morgan fingerprint density at radius 2 is 1.46 bits per heavy atom. The molecule has 0 aromatic heterocycles. The Morgan fingerprint density at radius 1 is 0.829 bits per heavy atom. The summed E-state index contributed by atoms with van der Waals surface area (Å²) in [4.78, 5) is 29.2. The lowest BCUT2D eigenvalue weighted by molar-refractivity contribution is -0.141. The third kappa shape index (κ3) is 8.08. The minimum atomic E-state index is -0.911. The first-order chi connectivity index (χ1) is 19.9. The Labute approximate surface area is 244 Å². The Morgan fingerprint density at radius 3 is 2.12 bits per heavy atom. The van der Waals surface area contributed by atoms with Crippen LogP contribution in [0.5, 0.6) is 11.5 Å². The van der Waals surface area contributed by atoms with Crippen LogP contribution in [-0.4, -0.2) is 37.5 Å². The molecule has 41 heavy (non-hydrogen) atoms. The molecule has 0 spiro atoms. The van der Waals surface area contributed by atoms with Crippen LogP contribution in [-0.2, 0) is 29.0 Å². The number of halogens is 2. The lowest BCUT2D eigenvalue weighted by Gasteiger charge is -2.32. The highest BCUT2D eigenvalue weighted by atomic mass is 35.5. The molecule has 6 nitrogen and oxygen atoms in total. The van der Waals surface area contributed by atoms with Gasteiger partial charge in [0, 0.05) is 18.1 Å². The second kappa shape index (κ2) is 14.3. The number of hydrogen-bond donors (Lipinski definition) is 1. The first kappa shape index (κ1) is 29.6. The quantitative estimate of drug-likeness (QED) is 0.220. The second-order valence-electron chi connectivity index (χ2n) is 9.49. The number of carbonyl (C=O) groups is 2. The number of methoxy groups -OCH3 is 2. The predicted molar refractivity (Wildman–Crippen MR) is 158 cm³/mol. The average Bonchev–Trinajstić information content (AvgIpc) is 2.99. The average molecular weight is 575 g/mol. The number of benzene rings is 4. The molecular formula is C33H32ClFN2O4. The molecule has 0 fully saturated rings. The predicted octanol–water partition coefficient (Wildman–Crippen LogP) is 6.17. The standard InChI is InChI=1S/C33H32ClFN2O4/c1-40-29-17-12-24(20-30(29)41-2)18-19-36-33(39)32(26-6-4-3-5-7-26)37(22-25-10-15-28(35)16-11-25)31(38)21-23-8-13-27(34)14-9-23/h3-17,20,32H,18-19,21-22H2,1-2H3,(H,36,39)/t32-/m1/s1. The van der Waals surface area contributed by atoms with E-state index in [-0.39, 0.29) is 30.6 Å². The summed E-state index contributed by atoms with van der Waals surface area (Å²) in [7, 11) is 3.15. The summed E-state index contributed by atoms with van der Waals surface area (Å²) < 4.78 is 24.4. The van der Waals surface area contributed by atoms with E-state index in [1.807, 2.05) is 48.5 Å². The van der Waals surface area contributed by atoms with Gasteiger partial charge in [0.25, 0.3) is 0 Å². The molecule has 8 heteroatoms. The molecule has 0 radical (unpaired) electrons. The third-order valence-corrected chi connectivity index (χ3v) is 6.94. The van der Waals surface area contributed by atoms with Gasteiger partial charge in [-0.05, 0) is 65.1 Å². The van der Waals surface area contributed by atoms with E-state index < -0.39 is 6.04 Å². The Bertz CT molecular complexity index is 1450. The van der Waals surface area contributed by atoms with Crippen LogP contribution in [0.3, 0.4) is 0 Å². The Balaban J connectivity index is 1.60. The molecule has 4 aromatic carbocycles. The maximum absolute atomic E-state index is 13.8. The molecule has 0 aliphatic carbocycles. The van der Waals surface area contributed by atoms with Crippen LogP contribution < -0.4 is 14.8 Å². The van der Waals surface area contributed by atoms with Crippen molar-refractivity contribution in [2.75, 3.05) is 20.8 Å². The van der Waals surface area contributed by atoms with Crippen molar-refractivity contribution in [3.05, 3.63) is 130 Å². The van der Waals surface area contributed by atoms with E-state index in [0.29, 0.717) is 40.6 Å². The highest BCUT2D eigenvalue weighted by Gasteiger charge is 2.31. The highest BCUT2D eigenvalue weighted by Crippen LogP contribution is 2.28.